The second-order valence-electron chi connectivity index (χ2n) is 5.94. The van der Waals surface area contributed by atoms with Gasteiger partial charge in [-0.25, -0.2) is 0 Å². The molecule has 1 unspecified atom stereocenters. The van der Waals surface area contributed by atoms with Crippen LogP contribution in [-0.4, -0.2) is 29.9 Å². The van der Waals surface area contributed by atoms with Crippen molar-refractivity contribution in [3.63, 3.8) is 0 Å². The molecule has 0 radical (unpaired) electrons. The van der Waals surface area contributed by atoms with Gasteiger partial charge in [0.1, 0.15) is 5.58 Å². The van der Waals surface area contributed by atoms with Crippen molar-refractivity contribution < 1.29 is 9.21 Å². The van der Waals surface area contributed by atoms with Crippen LogP contribution in [0.2, 0.25) is 0 Å². The molecule has 2 N–H and O–H groups in total. The van der Waals surface area contributed by atoms with Gasteiger partial charge in [0.25, 0.3) is 0 Å². The van der Waals surface area contributed by atoms with E-state index in [1.54, 1.807) is 6.26 Å². The molecule has 4 nitrogen and oxygen atoms in total. The van der Waals surface area contributed by atoms with Gasteiger partial charge in [-0.3, -0.25) is 4.79 Å². The predicted molar refractivity (Wildman–Crippen MR) is 83.2 cm³/mol. The molecule has 21 heavy (non-hydrogen) atoms. The monoisotopic (exact) mass is 286 g/mol. The van der Waals surface area contributed by atoms with E-state index in [2.05, 4.69) is 19.9 Å². The smallest absolute Gasteiger partial charge is 0.227 e. The van der Waals surface area contributed by atoms with Gasteiger partial charge in [0.05, 0.1) is 12.7 Å². The normalized spacial score (nSPS) is 18.6. The van der Waals surface area contributed by atoms with Gasteiger partial charge in [-0.2, -0.15) is 0 Å². The van der Waals surface area contributed by atoms with Crippen LogP contribution in [0.3, 0.4) is 0 Å². The van der Waals surface area contributed by atoms with Crippen LogP contribution in [0.4, 0.5) is 0 Å². The Morgan fingerprint density at radius 2 is 2.24 bits per heavy atom. The number of likely N-dealkylation sites (tertiary alicyclic amines) is 1. The summed E-state index contributed by atoms with van der Waals surface area (Å²) in [6.45, 7) is 5.50. The maximum Gasteiger partial charge on any atom is 0.227 e. The van der Waals surface area contributed by atoms with Crippen molar-refractivity contribution >= 4 is 16.9 Å². The molecule has 2 aromatic rings. The van der Waals surface area contributed by atoms with Crippen molar-refractivity contribution in [2.75, 3.05) is 13.1 Å². The number of aryl methyl sites for hydroxylation is 2. The summed E-state index contributed by atoms with van der Waals surface area (Å²) in [5.74, 6) is 0.156. The number of rotatable bonds is 3. The molecule has 1 fully saturated rings. The number of furan rings is 1. The lowest BCUT2D eigenvalue weighted by Crippen LogP contribution is -2.40. The average molecular weight is 286 g/mol. The minimum Gasteiger partial charge on any atom is -0.464 e. The Labute approximate surface area is 124 Å². The lowest BCUT2D eigenvalue weighted by molar-refractivity contribution is -0.131. The van der Waals surface area contributed by atoms with Crippen LogP contribution in [0.5, 0.6) is 0 Å². The van der Waals surface area contributed by atoms with Gasteiger partial charge >= 0.3 is 0 Å². The molecule has 2 heterocycles. The molecule has 1 aliphatic rings. The summed E-state index contributed by atoms with van der Waals surface area (Å²) in [7, 11) is 0. The number of fused-ring (bicyclic) bond motifs is 1. The van der Waals surface area contributed by atoms with Gasteiger partial charge in [0, 0.05) is 30.1 Å². The molecule has 1 aliphatic heterocycles. The second kappa shape index (κ2) is 5.53. The van der Waals surface area contributed by atoms with Crippen LogP contribution in [0, 0.1) is 13.8 Å². The molecule has 1 aromatic heterocycles. The highest BCUT2D eigenvalue weighted by molar-refractivity contribution is 5.89. The first-order chi connectivity index (χ1) is 10.1. The van der Waals surface area contributed by atoms with E-state index in [1.807, 2.05) is 11.0 Å². The Morgan fingerprint density at radius 3 is 3.00 bits per heavy atom. The lowest BCUT2D eigenvalue weighted by Gasteiger charge is -2.23. The van der Waals surface area contributed by atoms with Crippen LogP contribution in [0.25, 0.3) is 11.0 Å². The number of amides is 1. The molecule has 0 bridgehead atoms. The van der Waals surface area contributed by atoms with E-state index >= 15 is 0 Å². The molecule has 1 atom stereocenters. The first-order valence-corrected chi connectivity index (χ1v) is 7.57. The van der Waals surface area contributed by atoms with Gasteiger partial charge < -0.3 is 15.1 Å². The van der Waals surface area contributed by atoms with E-state index < -0.39 is 0 Å². The molecule has 1 amide bonds. The Morgan fingerprint density at radius 1 is 1.43 bits per heavy atom. The molecule has 1 saturated heterocycles. The van der Waals surface area contributed by atoms with Crippen LogP contribution in [0.1, 0.15) is 29.5 Å². The Hall–Kier alpha value is -1.81. The van der Waals surface area contributed by atoms with Crippen molar-refractivity contribution in [2.24, 2.45) is 5.73 Å². The predicted octanol–water partition coefficient (Wildman–Crippen LogP) is 2.54. The average Bonchev–Trinajstić information content (AvgIpc) is 3.10. The van der Waals surface area contributed by atoms with E-state index in [-0.39, 0.29) is 11.9 Å². The summed E-state index contributed by atoms with van der Waals surface area (Å²) in [6.07, 6.45) is 4.19. The molecule has 0 saturated carbocycles. The van der Waals surface area contributed by atoms with Crippen LogP contribution in [0.15, 0.2) is 22.8 Å². The fourth-order valence-corrected chi connectivity index (χ4v) is 3.20. The quantitative estimate of drug-likeness (QED) is 0.943. The van der Waals surface area contributed by atoms with Crippen molar-refractivity contribution in [1.82, 2.24) is 4.90 Å². The topological polar surface area (TPSA) is 59.5 Å². The summed E-state index contributed by atoms with van der Waals surface area (Å²) in [5.41, 5.74) is 9.97. The van der Waals surface area contributed by atoms with Gasteiger partial charge in [-0.05, 0) is 37.8 Å². The number of hydrogen-bond acceptors (Lipinski definition) is 3. The van der Waals surface area contributed by atoms with Crippen LogP contribution < -0.4 is 5.73 Å². The summed E-state index contributed by atoms with van der Waals surface area (Å²) < 4.78 is 5.68. The highest BCUT2D eigenvalue weighted by Crippen LogP contribution is 2.27. The minimum absolute atomic E-state index is 0.156. The second-order valence-corrected chi connectivity index (χ2v) is 5.94. The molecule has 112 valence electrons. The summed E-state index contributed by atoms with van der Waals surface area (Å²) in [4.78, 5) is 14.4. The zero-order valence-corrected chi connectivity index (χ0v) is 12.7. The molecule has 0 aliphatic carbocycles. The summed E-state index contributed by atoms with van der Waals surface area (Å²) >= 11 is 0. The Bertz CT molecular complexity index is 675. The number of nitrogens with zero attached hydrogens (tertiary/aromatic N) is 1. The lowest BCUT2D eigenvalue weighted by atomic mass is 10.0. The van der Waals surface area contributed by atoms with E-state index in [0.29, 0.717) is 13.0 Å². The SMILES string of the molecule is Cc1ccc2c(CC(=O)N3CCCC3CN)coc2c1C. The summed E-state index contributed by atoms with van der Waals surface area (Å²) in [6, 6.07) is 4.34. The fraction of sp³-hybridized carbons (Fsp3) is 0.471. The van der Waals surface area contributed by atoms with Gasteiger partial charge in [-0.15, -0.1) is 0 Å². The maximum absolute atomic E-state index is 12.5. The highest BCUT2D eigenvalue weighted by atomic mass is 16.3. The molecular formula is C17H22N2O2. The van der Waals surface area contributed by atoms with E-state index in [9.17, 15) is 4.79 Å². The third kappa shape index (κ3) is 2.44. The van der Waals surface area contributed by atoms with Crippen molar-refractivity contribution in [1.29, 1.82) is 0 Å². The highest BCUT2D eigenvalue weighted by Gasteiger charge is 2.28. The maximum atomic E-state index is 12.5. The van der Waals surface area contributed by atoms with Crippen molar-refractivity contribution in [3.05, 3.63) is 35.1 Å². The molecular weight excluding hydrogens is 264 g/mol. The molecule has 0 spiro atoms. The van der Waals surface area contributed by atoms with Gasteiger partial charge in [-0.1, -0.05) is 12.1 Å². The van der Waals surface area contributed by atoms with Crippen LogP contribution in [-0.2, 0) is 11.2 Å². The zero-order valence-electron chi connectivity index (χ0n) is 12.7. The molecule has 1 aromatic carbocycles. The summed E-state index contributed by atoms with van der Waals surface area (Å²) in [5, 5.41) is 1.05. The molecule has 4 heteroatoms. The van der Waals surface area contributed by atoms with Crippen molar-refractivity contribution in [3.8, 4) is 0 Å². The number of carbonyl (C=O) groups excluding carboxylic acids is 1. The zero-order chi connectivity index (χ0) is 15.0. The van der Waals surface area contributed by atoms with Crippen molar-refractivity contribution in [2.45, 2.75) is 39.2 Å². The van der Waals surface area contributed by atoms with E-state index in [1.165, 1.54) is 5.56 Å². The Balaban J connectivity index is 1.85. The first kappa shape index (κ1) is 14.1. The largest absolute Gasteiger partial charge is 0.464 e. The molecule has 3 rings (SSSR count). The minimum atomic E-state index is 0.156. The third-order valence-corrected chi connectivity index (χ3v) is 4.65. The van der Waals surface area contributed by atoms with Gasteiger partial charge in [0.15, 0.2) is 0 Å². The van der Waals surface area contributed by atoms with E-state index in [0.717, 1.165) is 41.5 Å². The number of carbonyl (C=O) groups is 1. The third-order valence-electron chi connectivity index (χ3n) is 4.65. The van der Waals surface area contributed by atoms with Crippen LogP contribution >= 0.6 is 0 Å². The standard InChI is InChI=1S/C17H22N2O2/c1-11-5-6-15-13(10-21-17(15)12(11)2)8-16(20)19-7-3-4-14(19)9-18/h5-6,10,14H,3-4,7-9,18H2,1-2H3. The number of hydrogen-bond donors (Lipinski definition) is 1. The number of benzene rings is 1. The number of nitrogens with two attached hydrogens (primary N) is 1. The first-order valence-electron chi connectivity index (χ1n) is 7.57. The van der Waals surface area contributed by atoms with E-state index in [4.69, 9.17) is 10.2 Å². The fourth-order valence-electron chi connectivity index (χ4n) is 3.20. The Kier molecular flexibility index (Phi) is 3.72. The van der Waals surface area contributed by atoms with Gasteiger partial charge in [0.2, 0.25) is 5.91 Å².